The van der Waals surface area contributed by atoms with Gasteiger partial charge in [-0.3, -0.25) is 4.79 Å². The number of Topliss-reactive ketones (excluding diaryl/α,β-unsaturated/α-hetero) is 1. The fourth-order valence-corrected chi connectivity index (χ4v) is 1.35. The van der Waals surface area contributed by atoms with E-state index in [0.717, 1.165) is 0 Å². The molecule has 1 aromatic carbocycles. The highest BCUT2D eigenvalue weighted by molar-refractivity contribution is 9.10. The average Bonchev–Trinajstić information content (AvgIpc) is 2.10. The van der Waals surface area contributed by atoms with Crippen molar-refractivity contribution in [2.45, 2.75) is 6.42 Å². The summed E-state index contributed by atoms with van der Waals surface area (Å²) < 4.78 is 13.6. The molecule has 0 aliphatic carbocycles. The molecule has 0 fully saturated rings. The van der Waals surface area contributed by atoms with Gasteiger partial charge in [0.05, 0.1) is 10.0 Å². The van der Waals surface area contributed by atoms with Crippen molar-refractivity contribution in [3.05, 3.63) is 34.1 Å². The van der Waals surface area contributed by atoms with Crippen molar-refractivity contribution in [2.24, 2.45) is 5.73 Å². The molecule has 4 heteroatoms. The Kier molecular flexibility index (Phi) is 3.57. The Labute approximate surface area is 84.1 Å². The van der Waals surface area contributed by atoms with E-state index in [2.05, 4.69) is 15.9 Å². The second-order valence-corrected chi connectivity index (χ2v) is 3.42. The summed E-state index contributed by atoms with van der Waals surface area (Å²) in [6.07, 6.45) is 0.174. The van der Waals surface area contributed by atoms with Crippen molar-refractivity contribution < 1.29 is 9.18 Å². The Morgan fingerprint density at radius 2 is 2.23 bits per heavy atom. The Morgan fingerprint density at radius 3 is 2.85 bits per heavy atom. The maximum atomic E-state index is 13.3. The standard InChI is InChI=1S/C9H9BrFNO/c10-7-3-1-2-6(9(7)11)8(13)4-5-12/h1-3H,4-5,12H2. The van der Waals surface area contributed by atoms with Crippen LogP contribution in [-0.2, 0) is 0 Å². The Balaban J connectivity index is 3.01. The predicted molar refractivity (Wildman–Crippen MR) is 52.1 cm³/mol. The SMILES string of the molecule is NCCC(=O)c1cccc(Br)c1F. The van der Waals surface area contributed by atoms with Crippen molar-refractivity contribution in [3.8, 4) is 0 Å². The molecule has 1 rings (SSSR count). The second-order valence-electron chi connectivity index (χ2n) is 2.56. The van der Waals surface area contributed by atoms with Crippen LogP contribution in [0.4, 0.5) is 4.39 Å². The summed E-state index contributed by atoms with van der Waals surface area (Å²) >= 11 is 3.01. The average molecular weight is 246 g/mol. The third kappa shape index (κ3) is 2.35. The molecule has 0 aliphatic heterocycles. The van der Waals surface area contributed by atoms with Crippen LogP contribution in [0.3, 0.4) is 0 Å². The van der Waals surface area contributed by atoms with E-state index in [9.17, 15) is 9.18 Å². The van der Waals surface area contributed by atoms with Crippen LogP contribution in [0.15, 0.2) is 22.7 Å². The van der Waals surface area contributed by atoms with Crippen molar-refractivity contribution in [2.75, 3.05) is 6.54 Å². The molecule has 0 amide bonds. The number of hydrogen-bond acceptors (Lipinski definition) is 2. The topological polar surface area (TPSA) is 43.1 Å². The highest BCUT2D eigenvalue weighted by Crippen LogP contribution is 2.19. The lowest BCUT2D eigenvalue weighted by molar-refractivity contribution is 0.0981. The molecule has 0 atom stereocenters. The molecular formula is C9H9BrFNO. The Bertz CT molecular complexity index is 327. The van der Waals surface area contributed by atoms with Gasteiger partial charge in [0.1, 0.15) is 5.82 Å². The van der Waals surface area contributed by atoms with Gasteiger partial charge in [0.15, 0.2) is 5.78 Å². The Morgan fingerprint density at radius 1 is 1.54 bits per heavy atom. The van der Waals surface area contributed by atoms with Gasteiger partial charge in [-0.15, -0.1) is 0 Å². The molecule has 13 heavy (non-hydrogen) atoms. The number of carbonyl (C=O) groups is 1. The lowest BCUT2D eigenvalue weighted by atomic mass is 10.1. The maximum absolute atomic E-state index is 13.3. The van der Waals surface area contributed by atoms with Crippen molar-refractivity contribution in [1.29, 1.82) is 0 Å². The number of hydrogen-bond donors (Lipinski definition) is 1. The van der Waals surface area contributed by atoms with E-state index < -0.39 is 5.82 Å². The third-order valence-electron chi connectivity index (χ3n) is 1.62. The highest BCUT2D eigenvalue weighted by atomic mass is 79.9. The molecule has 0 spiro atoms. The molecule has 0 bridgehead atoms. The zero-order chi connectivity index (χ0) is 9.84. The largest absolute Gasteiger partial charge is 0.330 e. The molecule has 0 aromatic heterocycles. The summed E-state index contributed by atoms with van der Waals surface area (Å²) in [5.41, 5.74) is 5.30. The van der Waals surface area contributed by atoms with Gasteiger partial charge in [0.25, 0.3) is 0 Å². The minimum absolute atomic E-state index is 0.0971. The van der Waals surface area contributed by atoms with Gasteiger partial charge in [0.2, 0.25) is 0 Å². The molecular weight excluding hydrogens is 237 g/mol. The molecule has 1 aromatic rings. The summed E-state index contributed by atoms with van der Waals surface area (Å²) in [5, 5.41) is 0. The lowest BCUT2D eigenvalue weighted by Crippen LogP contribution is -2.09. The molecule has 2 nitrogen and oxygen atoms in total. The van der Waals surface area contributed by atoms with Crippen molar-refractivity contribution in [3.63, 3.8) is 0 Å². The molecule has 0 unspecified atom stereocenters. The smallest absolute Gasteiger partial charge is 0.167 e. The van der Waals surface area contributed by atoms with Crippen LogP contribution < -0.4 is 5.73 Å². The minimum atomic E-state index is -0.513. The van der Waals surface area contributed by atoms with Crippen LogP contribution in [-0.4, -0.2) is 12.3 Å². The lowest BCUT2D eigenvalue weighted by Gasteiger charge is -2.01. The van der Waals surface area contributed by atoms with E-state index in [4.69, 9.17) is 5.73 Å². The van der Waals surface area contributed by atoms with E-state index >= 15 is 0 Å². The molecule has 0 aliphatic rings. The molecule has 2 N–H and O–H groups in total. The quantitative estimate of drug-likeness (QED) is 0.830. The van der Waals surface area contributed by atoms with Crippen LogP contribution in [0, 0.1) is 5.82 Å². The normalized spacial score (nSPS) is 10.1. The second kappa shape index (κ2) is 4.48. The van der Waals surface area contributed by atoms with Gasteiger partial charge in [-0.05, 0) is 34.6 Å². The van der Waals surface area contributed by atoms with E-state index in [1.54, 1.807) is 12.1 Å². The van der Waals surface area contributed by atoms with Gasteiger partial charge in [0, 0.05) is 6.42 Å². The number of benzene rings is 1. The van der Waals surface area contributed by atoms with Crippen LogP contribution in [0.1, 0.15) is 16.8 Å². The first-order chi connectivity index (χ1) is 6.16. The molecule has 70 valence electrons. The summed E-state index contributed by atoms with van der Waals surface area (Å²) in [4.78, 5) is 11.3. The van der Waals surface area contributed by atoms with E-state index in [1.807, 2.05) is 0 Å². The molecule has 0 heterocycles. The van der Waals surface area contributed by atoms with E-state index in [0.29, 0.717) is 4.47 Å². The van der Waals surface area contributed by atoms with E-state index in [-0.39, 0.29) is 24.3 Å². The van der Waals surface area contributed by atoms with Crippen molar-refractivity contribution >= 4 is 21.7 Å². The first-order valence-corrected chi connectivity index (χ1v) is 4.63. The maximum Gasteiger partial charge on any atom is 0.167 e. The van der Waals surface area contributed by atoms with Crippen LogP contribution in [0.25, 0.3) is 0 Å². The number of nitrogens with two attached hydrogens (primary N) is 1. The summed E-state index contributed by atoms with van der Waals surface area (Å²) in [6.45, 7) is 0.241. The number of carbonyl (C=O) groups excluding carboxylic acids is 1. The van der Waals surface area contributed by atoms with Crippen LogP contribution in [0.2, 0.25) is 0 Å². The highest BCUT2D eigenvalue weighted by Gasteiger charge is 2.12. The Hall–Kier alpha value is -0.740. The first kappa shape index (κ1) is 10.3. The summed E-state index contributed by atoms with van der Waals surface area (Å²) in [5.74, 6) is -0.776. The van der Waals surface area contributed by atoms with E-state index in [1.165, 1.54) is 6.07 Å². The fourth-order valence-electron chi connectivity index (χ4n) is 0.985. The molecule has 0 saturated carbocycles. The van der Waals surface area contributed by atoms with Gasteiger partial charge in [-0.2, -0.15) is 0 Å². The van der Waals surface area contributed by atoms with Gasteiger partial charge in [-0.1, -0.05) is 6.07 Å². The third-order valence-corrected chi connectivity index (χ3v) is 2.24. The fraction of sp³-hybridized carbons (Fsp3) is 0.222. The summed E-state index contributed by atoms with van der Waals surface area (Å²) in [6, 6.07) is 4.63. The number of ketones is 1. The predicted octanol–water partition coefficient (Wildman–Crippen LogP) is 2.12. The zero-order valence-electron chi connectivity index (χ0n) is 6.89. The van der Waals surface area contributed by atoms with Crippen molar-refractivity contribution in [1.82, 2.24) is 0 Å². The molecule has 0 radical (unpaired) electrons. The van der Waals surface area contributed by atoms with Gasteiger partial charge >= 0.3 is 0 Å². The number of halogens is 2. The summed E-state index contributed by atoms with van der Waals surface area (Å²) in [7, 11) is 0. The van der Waals surface area contributed by atoms with Gasteiger partial charge in [-0.25, -0.2) is 4.39 Å². The first-order valence-electron chi connectivity index (χ1n) is 3.84. The zero-order valence-corrected chi connectivity index (χ0v) is 8.47. The molecule has 0 saturated heterocycles. The van der Waals surface area contributed by atoms with Gasteiger partial charge < -0.3 is 5.73 Å². The minimum Gasteiger partial charge on any atom is -0.330 e. The van der Waals surface area contributed by atoms with Crippen LogP contribution >= 0.6 is 15.9 Å². The van der Waals surface area contributed by atoms with Crippen LogP contribution in [0.5, 0.6) is 0 Å². The number of rotatable bonds is 3. The monoisotopic (exact) mass is 245 g/mol.